The van der Waals surface area contributed by atoms with E-state index in [4.69, 9.17) is 25.8 Å². The number of benzene rings is 2. The van der Waals surface area contributed by atoms with E-state index in [9.17, 15) is 9.59 Å². The summed E-state index contributed by atoms with van der Waals surface area (Å²) in [6.45, 7) is 0. The van der Waals surface area contributed by atoms with E-state index in [-0.39, 0.29) is 11.3 Å². The number of rotatable bonds is 6. The molecule has 6 nitrogen and oxygen atoms in total. The van der Waals surface area contributed by atoms with Crippen LogP contribution >= 0.6 is 11.6 Å². The molecule has 26 heavy (non-hydrogen) atoms. The second kappa shape index (κ2) is 8.92. The van der Waals surface area contributed by atoms with E-state index >= 15 is 0 Å². The molecule has 0 radical (unpaired) electrons. The molecule has 0 aliphatic carbocycles. The lowest BCUT2D eigenvalue weighted by Gasteiger charge is -2.14. The fourth-order valence-corrected chi connectivity index (χ4v) is 2.31. The van der Waals surface area contributed by atoms with Crippen molar-refractivity contribution in [3.63, 3.8) is 0 Å². The maximum Gasteiger partial charge on any atom is 0.340 e. The number of halogens is 1. The minimum Gasteiger partial charge on any atom is -0.493 e. The second-order valence-electron chi connectivity index (χ2n) is 5.12. The smallest absolute Gasteiger partial charge is 0.340 e. The van der Waals surface area contributed by atoms with E-state index < -0.39 is 11.9 Å². The van der Waals surface area contributed by atoms with Crippen molar-refractivity contribution in [1.29, 1.82) is 0 Å². The van der Waals surface area contributed by atoms with Crippen LogP contribution in [0.15, 0.2) is 42.5 Å². The average Bonchev–Trinajstić information content (AvgIpc) is 2.66. The highest BCUT2D eigenvalue weighted by atomic mass is 35.5. The van der Waals surface area contributed by atoms with Gasteiger partial charge < -0.3 is 19.5 Å². The van der Waals surface area contributed by atoms with Crippen LogP contribution < -0.4 is 14.8 Å². The zero-order valence-electron chi connectivity index (χ0n) is 14.5. The number of amides is 1. The molecule has 2 rings (SSSR count). The van der Waals surface area contributed by atoms with Gasteiger partial charge in [0.25, 0.3) is 0 Å². The summed E-state index contributed by atoms with van der Waals surface area (Å²) in [6, 6.07) is 9.96. The quantitative estimate of drug-likeness (QED) is 0.614. The molecule has 2 aromatic rings. The Morgan fingerprint density at radius 3 is 2.19 bits per heavy atom. The summed E-state index contributed by atoms with van der Waals surface area (Å²) in [5.41, 5.74) is 1.21. The number of hydrogen-bond donors (Lipinski definition) is 1. The molecule has 136 valence electrons. The number of methoxy groups -OCH3 is 3. The summed E-state index contributed by atoms with van der Waals surface area (Å²) in [5.74, 6) is -0.306. The molecule has 0 aromatic heterocycles. The molecule has 7 heteroatoms. The Morgan fingerprint density at radius 2 is 1.62 bits per heavy atom. The summed E-state index contributed by atoms with van der Waals surface area (Å²) < 4.78 is 15.1. The standard InChI is InChI=1S/C19H18ClNO5/c1-24-16-10-14(19(23)26-3)15(11-17(16)25-2)21-18(22)9-6-12-4-7-13(20)8-5-12/h4-11H,1-3H3,(H,21,22)/b9-6+. The van der Waals surface area contributed by atoms with Gasteiger partial charge in [-0.3, -0.25) is 4.79 Å². The molecular weight excluding hydrogens is 358 g/mol. The minimum absolute atomic E-state index is 0.151. The van der Waals surface area contributed by atoms with Gasteiger partial charge in [0.15, 0.2) is 11.5 Å². The summed E-state index contributed by atoms with van der Waals surface area (Å²) in [7, 11) is 4.17. The number of ether oxygens (including phenoxy) is 3. The van der Waals surface area contributed by atoms with Crippen molar-refractivity contribution in [3.05, 3.63) is 58.6 Å². The van der Waals surface area contributed by atoms with Gasteiger partial charge >= 0.3 is 5.97 Å². The third-order valence-electron chi connectivity index (χ3n) is 3.48. The molecule has 0 bridgehead atoms. The van der Waals surface area contributed by atoms with Crippen molar-refractivity contribution in [1.82, 2.24) is 0 Å². The third kappa shape index (κ3) is 4.77. The van der Waals surface area contributed by atoms with Crippen LogP contribution in [0.2, 0.25) is 5.02 Å². The Hall–Kier alpha value is -2.99. The Morgan fingerprint density at radius 1 is 1.00 bits per heavy atom. The highest BCUT2D eigenvalue weighted by Gasteiger charge is 2.18. The summed E-state index contributed by atoms with van der Waals surface area (Å²) in [6.07, 6.45) is 2.98. The molecule has 0 fully saturated rings. The van der Waals surface area contributed by atoms with Crippen LogP contribution in [0, 0.1) is 0 Å². The van der Waals surface area contributed by atoms with Crippen molar-refractivity contribution < 1.29 is 23.8 Å². The molecule has 0 saturated carbocycles. The SMILES string of the molecule is COC(=O)c1cc(OC)c(OC)cc1NC(=O)/C=C/c1ccc(Cl)cc1. The maximum atomic E-state index is 12.2. The number of nitrogens with one attached hydrogen (secondary N) is 1. The minimum atomic E-state index is -0.608. The fraction of sp³-hybridized carbons (Fsp3) is 0.158. The predicted molar refractivity (Wildman–Crippen MR) is 100 cm³/mol. The number of carbonyl (C=O) groups excluding carboxylic acids is 2. The second-order valence-corrected chi connectivity index (χ2v) is 5.55. The van der Waals surface area contributed by atoms with Gasteiger partial charge in [0.05, 0.1) is 32.6 Å². The van der Waals surface area contributed by atoms with Gasteiger partial charge in [-0.25, -0.2) is 4.79 Å². The Balaban J connectivity index is 2.27. The number of anilines is 1. The van der Waals surface area contributed by atoms with Crippen molar-refractivity contribution >= 4 is 35.2 Å². The molecule has 0 spiro atoms. The molecule has 0 aliphatic heterocycles. The molecule has 0 heterocycles. The lowest BCUT2D eigenvalue weighted by molar-refractivity contribution is -0.111. The Labute approximate surface area is 156 Å². The first kappa shape index (κ1) is 19.3. The van der Waals surface area contributed by atoms with Crippen LogP contribution in [0.3, 0.4) is 0 Å². The van der Waals surface area contributed by atoms with E-state index in [0.29, 0.717) is 16.5 Å². The zero-order chi connectivity index (χ0) is 19.1. The largest absolute Gasteiger partial charge is 0.493 e. The van der Waals surface area contributed by atoms with Crippen LogP contribution in [-0.4, -0.2) is 33.2 Å². The van der Waals surface area contributed by atoms with Crippen molar-refractivity contribution in [2.75, 3.05) is 26.6 Å². The average molecular weight is 376 g/mol. The summed E-state index contributed by atoms with van der Waals surface area (Å²) >= 11 is 5.83. The summed E-state index contributed by atoms with van der Waals surface area (Å²) in [4.78, 5) is 24.2. The normalized spacial score (nSPS) is 10.5. The van der Waals surface area contributed by atoms with E-state index in [2.05, 4.69) is 5.32 Å². The van der Waals surface area contributed by atoms with Crippen LogP contribution in [0.5, 0.6) is 11.5 Å². The first-order valence-electron chi connectivity index (χ1n) is 7.57. The lowest BCUT2D eigenvalue weighted by atomic mass is 10.1. The van der Waals surface area contributed by atoms with Gasteiger partial charge in [-0.1, -0.05) is 23.7 Å². The Bertz CT molecular complexity index is 831. The van der Waals surface area contributed by atoms with Gasteiger partial charge in [0.2, 0.25) is 5.91 Å². The third-order valence-corrected chi connectivity index (χ3v) is 3.74. The molecule has 0 unspecified atom stereocenters. The van der Waals surface area contributed by atoms with Gasteiger partial charge in [0, 0.05) is 23.2 Å². The maximum absolute atomic E-state index is 12.2. The van der Waals surface area contributed by atoms with Gasteiger partial charge in [-0.05, 0) is 23.8 Å². The topological polar surface area (TPSA) is 73.9 Å². The van der Waals surface area contributed by atoms with Gasteiger partial charge in [-0.15, -0.1) is 0 Å². The van der Waals surface area contributed by atoms with E-state index in [1.165, 1.54) is 39.5 Å². The summed E-state index contributed by atoms with van der Waals surface area (Å²) in [5, 5.41) is 3.26. The van der Waals surface area contributed by atoms with Crippen LogP contribution in [0.4, 0.5) is 5.69 Å². The monoisotopic (exact) mass is 375 g/mol. The predicted octanol–water partition coefficient (Wildman–Crippen LogP) is 3.80. The zero-order valence-corrected chi connectivity index (χ0v) is 15.3. The van der Waals surface area contributed by atoms with Crippen molar-refractivity contribution in [2.45, 2.75) is 0 Å². The number of esters is 1. The number of carbonyl (C=O) groups is 2. The molecular formula is C19H18ClNO5. The fourth-order valence-electron chi connectivity index (χ4n) is 2.18. The van der Waals surface area contributed by atoms with Crippen LogP contribution in [0.1, 0.15) is 15.9 Å². The van der Waals surface area contributed by atoms with Crippen molar-refractivity contribution in [2.24, 2.45) is 0 Å². The van der Waals surface area contributed by atoms with E-state index in [1.807, 2.05) is 0 Å². The molecule has 1 N–H and O–H groups in total. The highest BCUT2D eigenvalue weighted by Crippen LogP contribution is 2.33. The molecule has 0 atom stereocenters. The van der Waals surface area contributed by atoms with Crippen molar-refractivity contribution in [3.8, 4) is 11.5 Å². The molecule has 2 aromatic carbocycles. The Kier molecular flexibility index (Phi) is 6.63. The number of hydrogen-bond acceptors (Lipinski definition) is 5. The highest BCUT2D eigenvalue weighted by molar-refractivity contribution is 6.30. The first-order valence-corrected chi connectivity index (χ1v) is 7.95. The van der Waals surface area contributed by atoms with E-state index in [0.717, 1.165) is 5.56 Å². The van der Waals surface area contributed by atoms with Crippen LogP contribution in [0.25, 0.3) is 6.08 Å². The molecule has 0 aliphatic rings. The first-order chi connectivity index (χ1) is 12.5. The van der Waals surface area contributed by atoms with Gasteiger partial charge in [-0.2, -0.15) is 0 Å². The van der Waals surface area contributed by atoms with E-state index in [1.54, 1.807) is 30.3 Å². The molecule has 0 saturated heterocycles. The molecule has 1 amide bonds. The van der Waals surface area contributed by atoms with Gasteiger partial charge in [0.1, 0.15) is 0 Å². The lowest BCUT2D eigenvalue weighted by Crippen LogP contribution is -2.13. The van der Waals surface area contributed by atoms with Crippen LogP contribution in [-0.2, 0) is 9.53 Å².